The van der Waals surface area contributed by atoms with E-state index >= 15 is 0 Å². The van der Waals surface area contributed by atoms with Gasteiger partial charge in [-0.15, -0.1) is 0 Å². The molecule has 0 saturated heterocycles. The zero-order valence-corrected chi connectivity index (χ0v) is 21.0. The molecule has 0 radical (unpaired) electrons. The maximum Gasteiger partial charge on any atom is 0.469 e. The summed E-state index contributed by atoms with van der Waals surface area (Å²) in [6.45, 7) is 8.18. The molecule has 1 fully saturated rings. The minimum Gasteiger partial charge on any atom is -0.490 e. The molecule has 2 aliphatic rings. The zero-order chi connectivity index (χ0) is 24.4. The summed E-state index contributed by atoms with van der Waals surface area (Å²) in [6.07, 6.45) is 5.58. The predicted molar refractivity (Wildman–Crippen MR) is 125 cm³/mol. The Morgan fingerprint density at radius 3 is 2.39 bits per heavy atom. The van der Waals surface area contributed by atoms with E-state index in [4.69, 9.17) is 14.5 Å². The van der Waals surface area contributed by atoms with Gasteiger partial charge in [0, 0.05) is 6.04 Å². The second kappa shape index (κ2) is 10.3. The van der Waals surface area contributed by atoms with E-state index in [9.17, 15) is 14.5 Å². The second-order valence-corrected chi connectivity index (χ2v) is 11.8. The fourth-order valence-corrected chi connectivity index (χ4v) is 5.66. The summed E-state index contributed by atoms with van der Waals surface area (Å²) < 4.78 is 21.8. The van der Waals surface area contributed by atoms with Gasteiger partial charge < -0.3 is 24.5 Å². The first-order valence-electron chi connectivity index (χ1n) is 11.8. The summed E-state index contributed by atoms with van der Waals surface area (Å²) in [5.41, 5.74) is 2.61. The Hall–Kier alpha value is -1.60. The van der Waals surface area contributed by atoms with Crippen LogP contribution in [0.15, 0.2) is 18.2 Å². The fourth-order valence-electron chi connectivity index (χ4n) is 5.25. The predicted octanol–water partition coefficient (Wildman–Crippen LogP) is 5.01. The largest absolute Gasteiger partial charge is 0.490 e. The number of nitrogens with zero attached hydrogens (tertiary/aromatic N) is 1. The lowest BCUT2D eigenvalue weighted by Crippen LogP contribution is -2.49. The first kappa shape index (κ1) is 26.0. The molecule has 2 aliphatic carbocycles. The first-order valence-corrected chi connectivity index (χ1v) is 13.4. The molecular weight excluding hydrogens is 445 g/mol. The van der Waals surface area contributed by atoms with Crippen LogP contribution in [0.25, 0.3) is 0 Å². The van der Waals surface area contributed by atoms with Crippen LogP contribution in [0, 0.1) is 11.3 Å². The Morgan fingerprint density at radius 2 is 1.82 bits per heavy atom. The number of rotatable bonds is 7. The van der Waals surface area contributed by atoms with Crippen molar-refractivity contribution in [3.63, 3.8) is 0 Å². The van der Waals surface area contributed by atoms with E-state index in [-0.39, 0.29) is 18.8 Å². The van der Waals surface area contributed by atoms with Gasteiger partial charge in [0.25, 0.3) is 0 Å². The molecule has 0 aromatic heterocycles. The summed E-state index contributed by atoms with van der Waals surface area (Å²) in [7, 11) is -4.65. The highest BCUT2D eigenvalue weighted by atomic mass is 31.2. The number of hydrogen-bond donors (Lipinski definition) is 3. The van der Waals surface area contributed by atoms with Crippen LogP contribution in [0.3, 0.4) is 0 Å². The van der Waals surface area contributed by atoms with Crippen LogP contribution in [-0.2, 0) is 21.9 Å². The number of benzene rings is 1. The van der Waals surface area contributed by atoms with Gasteiger partial charge in [-0.2, -0.15) is 0 Å². The third-order valence-electron chi connectivity index (χ3n) is 7.15. The van der Waals surface area contributed by atoms with E-state index in [2.05, 4.69) is 31.4 Å². The van der Waals surface area contributed by atoms with Gasteiger partial charge in [0.2, 0.25) is 0 Å². The van der Waals surface area contributed by atoms with E-state index in [1.807, 2.05) is 12.1 Å². The Labute approximate surface area is 196 Å². The number of phosphoric acid groups is 1. The highest BCUT2D eigenvalue weighted by molar-refractivity contribution is 7.46. The Bertz CT molecular complexity index is 870. The van der Waals surface area contributed by atoms with Crippen molar-refractivity contribution >= 4 is 13.9 Å². The van der Waals surface area contributed by atoms with Crippen molar-refractivity contribution in [2.24, 2.45) is 11.3 Å². The quantitative estimate of drug-likeness (QED) is 0.467. The van der Waals surface area contributed by atoms with Gasteiger partial charge in [-0.05, 0) is 86.5 Å². The number of ether oxygens (including phenoxy) is 1. The average molecular weight is 484 g/mol. The van der Waals surface area contributed by atoms with Crippen molar-refractivity contribution in [3.8, 4) is 5.75 Å². The van der Waals surface area contributed by atoms with Crippen LogP contribution in [0.5, 0.6) is 5.75 Å². The Kier molecular flexibility index (Phi) is 8.15. The van der Waals surface area contributed by atoms with Crippen LogP contribution < -0.4 is 4.74 Å². The van der Waals surface area contributed by atoms with Gasteiger partial charge in [-0.3, -0.25) is 4.52 Å². The minimum absolute atomic E-state index is 0.246. The van der Waals surface area contributed by atoms with E-state index in [1.165, 1.54) is 23.3 Å². The smallest absolute Gasteiger partial charge is 0.469 e. The molecule has 1 saturated carbocycles. The standard InChI is InChI=1S/C24H38NO7P/c1-16(15-31-33(28,29)30)25(23(26)27)20-9-5-18-14-22(10-6-17(18)13-20)32-21-11-7-19(8-12-21)24(2,3)4/h6,10,14,16,19-21H,5,7-9,11-13,15H2,1-4H3,(H,26,27)(H2,28,29,30). The van der Waals surface area contributed by atoms with Gasteiger partial charge in [0.05, 0.1) is 18.8 Å². The third-order valence-corrected chi connectivity index (χ3v) is 7.64. The molecule has 3 rings (SSSR count). The third kappa shape index (κ3) is 7.19. The molecule has 1 aromatic rings. The lowest BCUT2D eigenvalue weighted by Gasteiger charge is -2.38. The lowest BCUT2D eigenvalue weighted by molar-refractivity contribution is 0.0699. The van der Waals surface area contributed by atoms with Crippen LogP contribution in [0.1, 0.15) is 70.9 Å². The van der Waals surface area contributed by atoms with Gasteiger partial charge in [-0.1, -0.05) is 26.8 Å². The van der Waals surface area contributed by atoms with Crippen molar-refractivity contribution < 1.29 is 33.5 Å². The van der Waals surface area contributed by atoms with E-state index in [1.54, 1.807) is 6.92 Å². The number of amides is 1. The molecule has 0 spiro atoms. The van der Waals surface area contributed by atoms with E-state index in [0.29, 0.717) is 18.3 Å². The molecule has 1 aromatic carbocycles. The van der Waals surface area contributed by atoms with Crippen molar-refractivity contribution in [1.82, 2.24) is 4.90 Å². The SMILES string of the molecule is CC(COP(=O)(O)O)N(C(=O)O)C1CCc2cc(OC3CCC(C(C)(C)C)CC3)ccc2C1. The van der Waals surface area contributed by atoms with Gasteiger partial charge in [-0.25, -0.2) is 9.36 Å². The number of phosphoric ester groups is 1. The summed E-state index contributed by atoms with van der Waals surface area (Å²) in [5, 5.41) is 9.72. The Balaban J connectivity index is 1.60. The molecule has 3 N–H and O–H groups in total. The number of aryl methyl sites for hydroxylation is 1. The molecule has 0 bridgehead atoms. The van der Waals surface area contributed by atoms with Crippen LogP contribution in [0.2, 0.25) is 0 Å². The van der Waals surface area contributed by atoms with E-state index in [0.717, 1.165) is 36.5 Å². The summed E-state index contributed by atoms with van der Waals surface area (Å²) in [4.78, 5) is 31.0. The molecule has 2 unspecified atom stereocenters. The lowest BCUT2D eigenvalue weighted by atomic mass is 9.72. The summed E-state index contributed by atoms with van der Waals surface area (Å²) >= 11 is 0. The molecule has 9 heteroatoms. The average Bonchev–Trinajstić information content (AvgIpc) is 2.71. The highest BCUT2D eigenvalue weighted by Crippen LogP contribution is 2.39. The number of fused-ring (bicyclic) bond motifs is 1. The van der Waals surface area contributed by atoms with Crippen LogP contribution >= 0.6 is 7.82 Å². The topological polar surface area (TPSA) is 117 Å². The molecule has 33 heavy (non-hydrogen) atoms. The van der Waals surface area contributed by atoms with Crippen LogP contribution in [-0.4, -0.2) is 50.7 Å². The van der Waals surface area contributed by atoms with Crippen molar-refractivity contribution in [3.05, 3.63) is 29.3 Å². The molecule has 2 atom stereocenters. The monoisotopic (exact) mass is 483 g/mol. The van der Waals surface area contributed by atoms with Crippen molar-refractivity contribution in [1.29, 1.82) is 0 Å². The van der Waals surface area contributed by atoms with Gasteiger partial charge in [0.15, 0.2) is 0 Å². The molecule has 1 amide bonds. The van der Waals surface area contributed by atoms with Crippen LogP contribution in [0.4, 0.5) is 4.79 Å². The minimum atomic E-state index is -4.65. The number of carboxylic acid groups (broad SMARTS) is 1. The number of carbonyl (C=O) groups is 1. The molecule has 0 heterocycles. The summed E-state index contributed by atoms with van der Waals surface area (Å²) in [5.74, 6) is 1.62. The molecule has 0 aliphatic heterocycles. The fraction of sp³-hybridized carbons (Fsp3) is 0.708. The highest BCUT2D eigenvalue weighted by Gasteiger charge is 2.33. The molecule has 8 nitrogen and oxygen atoms in total. The summed E-state index contributed by atoms with van der Waals surface area (Å²) in [6, 6.07) is 5.14. The van der Waals surface area contributed by atoms with E-state index < -0.39 is 20.0 Å². The zero-order valence-electron chi connectivity index (χ0n) is 20.1. The normalized spacial score (nSPS) is 24.6. The maximum atomic E-state index is 11.9. The van der Waals surface area contributed by atoms with Crippen molar-refractivity contribution in [2.75, 3.05) is 6.61 Å². The first-order chi connectivity index (χ1) is 15.3. The van der Waals surface area contributed by atoms with Gasteiger partial charge >= 0.3 is 13.9 Å². The molecule has 186 valence electrons. The molecular formula is C24H38NO7P. The maximum absolute atomic E-state index is 11.9. The second-order valence-electron chi connectivity index (χ2n) is 10.6. The van der Waals surface area contributed by atoms with Crippen molar-refractivity contribution in [2.45, 2.75) is 90.8 Å². The van der Waals surface area contributed by atoms with Gasteiger partial charge in [0.1, 0.15) is 5.75 Å². The number of hydrogen-bond acceptors (Lipinski definition) is 4. The Morgan fingerprint density at radius 1 is 1.15 bits per heavy atom.